The molecule has 7 nitrogen and oxygen atoms in total. The molecule has 3 N–H and O–H groups in total. The summed E-state index contributed by atoms with van der Waals surface area (Å²) in [5.74, 6) is 0.125. The number of benzene rings is 2. The topological polar surface area (TPSA) is 92.6 Å². The van der Waals surface area contributed by atoms with Crippen molar-refractivity contribution in [2.24, 2.45) is 0 Å². The first-order chi connectivity index (χ1) is 14.5. The lowest BCUT2D eigenvalue weighted by atomic mass is 10.2. The number of ether oxygens (including phenoxy) is 1. The molecule has 0 unspecified atom stereocenters. The SMILES string of the molecule is CCCOc1cccc(C(=O)NC(=S)Nc2cccc(NC(=O)c3ccco3)c2)c1. The van der Waals surface area contributed by atoms with Gasteiger partial charge in [-0.25, -0.2) is 0 Å². The fraction of sp³-hybridized carbons (Fsp3) is 0.136. The molecule has 0 spiro atoms. The third kappa shape index (κ3) is 5.92. The number of carbonyl (C=O) groups excluding carboxylic acids is 2. The van der Waals surface area contributed by atoms with Crippen LogP contribution in [-0.4, -0.2) is 23.5 Å². The van der Waals surface area contributed by atoms with Crippen molar-refractivity contribution in [3.63, 3.8) is 0 Å². The number of carbonyl (C=O) groups is 2. The number of amides is 2. The van der Waals surface area contributed by atoms with E-state index in [4.69, 9.17) is 21.4 Å². The van der Waals surface area contributed by atoms with E-state index in [-0.39, 0.29) is 22.7 Å². The van der Waals surface area contributed by atoms with Crippen molar-refractivity contribution < 1.29 is 18.7 Å². The van der Waals surface area contributed by atoms with Gasteiger partial charge in [0.2, 0.25) is 0 Å². The average molecular weight is 423 g/mol. The summed E-state index contributed by atoms with van der Waals surface area (Å²) in [7, 11) is 0. The molecular weight excluding hydrogens is 402 g/mol. The molecular formula is C22H21N3O4S. The number of hydrogen-bond donors (Lipinski definition) is 3. The highest BCUT2D eigenvalue weighted by atomic mass is 32.1. The number of hydrogen-bond acceptors (Lipinski definition) is 5. The minimum absolute atomic E-state index is 0.134. The van der Waals surface area contributed by atoms with E-state index in [9.17, 15) is 9.59 Å². The molecule has 1 heterocycles. The van der Waals surface area contributed by atoms with Crippen LogP contribution >= 0.6 is 12.2 Å². The number of furan rings is 1. The van der Waals surface area contributed by atoms with E-state index in [0.29, 0.717) is 29.3 Å². The Morgan fingerprint density at radius 3 is 2.47 bits per heavy atom. The van der Waals surface area contributed by atoms with Gasteiger partial charge in [-0.05, 0) is 67.2 Å². The highest BCUT2D eigenvalue weighted by molar-refractivity contribution is 7.80. The summed E-state index contributed by atoms with van der Waals surface area (Å²) in [6.07, 6.45) is 2.31. The molecule has 0 saturated carbocycles. The number of anilines is 2. The average Bonchev–Trinajstić information content (AvgIpc) is 3.28. The summed E-state index contributed by atoms with van der Waals surface area (Å²) in [6, 6.07) is 17.0. The first-order valence-electron chi connectivity index (χ1n) is 9.35. The smallest absolute Gasteiger partial charge is 0.291 e. The first-order valence-corrected chi connectivity index (χ1v) is 9.76. The van der Waals surface area contributed by atoms with E-state index in [1.807, 2.05) is 6.92 Å². The number of nitrogens with one attached hydrogen (secondary N) is 3. The van der Waals surface area contributed by atoms with Crippen LogP contribution in [0, 0.1) is 0 Å². The van der Waals surface area contributed by atoms with E-state index >= 15 is 0 Å². The Morgan fingerprint density at radius 2 is 1.73 bits per heavy atom. The summed E-state index contributed by atoms with van der Waals surface area (Å²) in [5, 5.41) is 8.43. The van der Waals surface area contributed by atoms with Gasteiger partial charge < -0.3 is 19.8 Å². The molecule has 0 fully saturated rings. The molecule has 0 aliphatic carbocycles. The summed E-state index contributed by atoms with van der Waals surface area (Å²) in [5.41, 5.74) is 1.60. The molecule has 0 bridgehead atoms. The van der Waals surface area contributed by atoms with Gasteiger partial charge in [-0.1, -0.05) is 19.1 Å². The Hall–Kier alpha value is -3.65. The number of rotatable bonds is 7. The van der Waals surface area contributed by atoms with Crippen molar-refractivity contribution >= 4 is 40.5 Å². The second-order valence-corrected chi connectivity index (χ2v) is 6.71. The van der Waals surface area contributed by atoms with Crippen molar-refractivity contribution in [2.45, 2.75) is 13.3 Å². The molecule has 30 heavy (non-hydrogen) atoms. The maximum atomic E-state index is 12.5. The predicted octanol–water partition coefficient (Wildman–Crippen LogP) is 4.45. The zero-order valence-corrected chi connectivity index (χ0v) is 17.1. The van der Waals surface area contributed by atoms with Crippen LogP contribution in [0.25, 0.3) is 0 Å². The van der Waals surface area contributed by atoms with Crippen molar-refractivity contribution in [1.29, 1.82) is 0 Å². The van der Waals surface area contributed by atoms with Crippen LogP contribution in [-0.2, 0) is 0 Å². The lowest BCUT2D eigenvalue weighted by Crippen LogP contribution is -2.34. The lowest BCUT2D eigenvalue weighted by molar-refractivity contribution is 0.0974. The Labute approximate surface area is 179 Å². The minimum Gasteiger partial charge on any atom is -0.494 e. The van der Waals surface area contributed by atoms with Crippen LogP contribution in [0.4, 0.5) is 11.4 Å². The van der Waals surface area contributed by atoms with Gasteiger partial charge in [-0.3, -0.25) is 14.9 Å². The summed E-state index contributed by atoms with van der Waals surface area (Å²) < 4.78 is 10.6. The van der Waals surface area contributed by atoms with Crippen LogP contribution in [0.15, 0.2) is 71.3 Å². The van der Waals surface area contributed by atoms with E-state index in [1.165, 1.54) is 6.26 Å². The molecule has 154 valence electrons. The van der Waals surface area contributed by atoms with Gasteiger partial charge in [0.15, 0.2) is 10.9 Å². The van der Waals surface area contributed by atoms with Crippen LogP contribution < -0.4 is 20.7 Å². The molecule has 2 aromatic carbocycles. The number of thiocarbonyl (C=S) groups is 1. The van der Waals surface area contributed by atoms with Gasteiger partial charge in [-0.2, -0.15) is 0 Å². The normalized spacial score (nSPS) is 10.2. The van der Waals surface area contributed by atoms with Gasteiger partial charge in [0.25, 0.3) is 11.8 Å². The van der Waals surface area contributed by atoms with Gasteiger partial charge in [0.05, 0.1) is 12.9 Å². The van der Waals surface area contributed by atoms with E-state index in [0.717, 1.165) is 6.42 Å². The molecule has 8 heteroatoms. The van der Waals surface area contributed by atoms with Crippen molar-refractivity contribution in [3.8, 4) is 5.75 Å². The molecule has 0 radical (unpaired) electrons. The molecule has 0 saturated heterocycles. The molecule has 1 aromatic heterocycles. The maximum Gasteiger partial charge on any atom is 0.291 e. The largest absolute Gasteiger partial charge is 0.494 e. The highest BCUT2D eigenvalue weighted by Crippen LogP contribution is 2.17. The van der Waals surface area contributed by atoms with Crippen LogP contribution in [0.2, 0.25) is 0 Å². The lowest BCUT2D eigenvalue weighted by Gasteiger charge is -2.12. The summed E-state index contributed by atoms with van der Waals surface area (Å²) in [6.45, 7) is 2.59. The van der Waals surface area contributed by atoms with Crippen LogP contribution in [0.1, 0.15) is 34.3 Å². The molecule has 3 aromatic rings. The summed E-state index contributed by atoms with van der Waals surface area (Å²) >= 11 is 5.23. The predicted molar refractivity (Wildman–Crippen MR) is 119 cm³/mol. The second kappa shape index (κ2) is 10.2. The second-order valence-electron chi connectivity index (χ2n) is 6.30. The van der Waals surface area contributed by atoms with Crippen molar-refractivity contribution in [2.75, 3.05) is 17.2 Å². The Kier molecular flexibility index (Phi) is 7.18. The van der Waals surface area contributed by atoms with Crippen molar-refractivity contribution in [1.82, 2.24) is 5.32 Å². The third-order valence-corrected chi connectivity index (χ3v) is 4.12. The van der Waals surface area contributed by atoms with Gasteiger partial charge in [-0.15, -0.1) is 0 Å². The van der Waals surface area contributed by atoms with E-state index in [2.05, 4.69) is 16.0 Å². The van der Waals surface area contributed by atoms with E-state index in [1.54, 1.807) is 60.7 Å². The molecule has 3 rings (SSSR count). The molecule has 0 aliphatic heterocycles. The maximum absolute atomic E-state index is 12.5. The Bertz CT molecular complexity index is 1030. The monoisotopic (exact) mass is 423 g/mol. The van der Waals surface area contributed by atoms with Gasteiger partial charge in [0, 0.05) is 16.9 Å². The van der Waals surface area contributed by atoms with Gasteiger partial charge in [0.1, 0.15) is 5.75 Å². The quantitative estimate of drug-likeness (QED) is 0.486. The zero-order valence-electron chi connectivity index (χ0n) is 16.3. The first kappa shape index (κ1) is 21.1. The molecule has 2 amide bonds. The third-order valence-electron chi connectivity index (χ3n) is 3.92. The fourth-order valence-electron chi connectivity index (χ4n) is 2.56. The van der Waals surface area contributed by atoms with Crippen LogP contribution in [0.3, 0.4) is 0 Å². The Morgan fingerprint density at radius 1 is 0.967 bits per heavy atom. The standard InChI is InChI=1S/C22H21N3O4S/c1-2-11-28-18-9-3-6-15(13-18)20(26)25-22(30)24-17-8-4-7-16(14-17)23-21(27)19-10-5-12-29-19/h3-10,12-14H,2,11H2,1H3,(H,23,27)(H2,24,25,26,30). The van der Waals surface area contributed by atoms with Crippen molar-refractivity contribution in [3.05, 3.63) is 78.3 Å². The van der Waals surface area contributed by atoms with Gasteiger partial charge >= 0.3 is 0 Å². The molecule has 0 atom stereocenters. The minimum atomic E-state index is -0.363. The van der Waals surface area contributed by atoms with E-state index < -0.39 is 0 Å². The van der Waals surface area contributed by atoms with Crippen LogP contribution in [0.5, 0.6) is 5.75 Å². The fourth-order valence-corrected chi connectivity index (χ4v) is 2.77. The Balaban J connectivity index is 1.58. The summed E-state index contributed by atoms with van der Waals surface area (Å²) in [4.78, 5) is 24.5. The zero-order chi connectivity index (χ0) is 21.3. The highest BCUT2D eigenvalue weighted by Gasteiger charge is 2.11. The molecule has 0 aliphatic rings.